The van der Waals surface area contributed by atoms with Crippen LogP contribution in [-0.2, 0) is 10.0 Å². The third-order valence-corrected chi connectivity index (χ3v) is 7.07. The van der Waals surface area contributed by atoms with E-state index in [1.54, 1.807) is 41.3 Å². The Morgan fingerprint density at radius 2 is 2.08 bits per heavy atom. The Morgan fingerprint density at radius 3 is 2.79 bits per heavy atom. The van der Waals surface area contributed by atoms with E-state index in [4.69, 9.17) is 11.6 Å². The summed E-state index contributed by atoms with van der Waals surface area (Å²) in [5.74, 6) is 0.368. The molecular formula is C16H14ClN3O2S2. The predicted octanol–water partition coefficient (Wildman–Crippen LogP) is 4.27. The van der Waals surface area contributed by atoms with Crippen LogP contribution in [-0.4, -0.2) is 18.2 Å². The number of rotatable bonds is 5. The number of anilines is 1. The van der Waals surface area contributed by atoms with E-state index in [0.717, 1.165) is 18.4 Å². The summed E-state index contributed by atoms with van der Waals surface area (Å²) in [6, 6.07) is 8.76. The van der Waals surface area contributed by atoms with Crippen molar-refractivity contribution < 1.29 is 8.42 Å². The van der Waals surface area contributed by atoms with Crippen LogP contribution in [0.4, 0.5) is 5.69 Å². The average molecular weight is 380 g/mol. The number of nitrogens with one attached hydrogen (secondary N) is 1. The van der Waals surface area contributed by atoms with E-state index in [-0.39, 0.29) is 0 Å². The van der Waals surface area contributed by atoms with Gasteiger partial charge < -0.3 is 0 Å². The number of thiophene rings is 1. The minimum Gasteiger partial charge on any atom is -0.277 e. The number of aromatic nitrogens is 2. The molecule has 0 amide bonds. The third kappa shape index (κ3) is 2.83. The van der Waals surface area contributed by atoms with E-state index >= 15 is 0 Å². The zero-order valence-electron chi connectivity index (χ0n) is 12.5. The molecule has 0 aliphatic heterocycles. The fraction of sp³-hybridized carbons (Fsp3) is 0.188. The molecule has 1 fully saturated rings. The first-order valence-electron chi connectivity index (χ1n) is 7.45. The molecule has 0 bridgehead atoms. The van der Waals surface area contributed by atoms with Crippen LogP contribution in [0.15, 0.2) is 52.3 Å². The van der Waals surface area contributed by atoms with Crippen molar-refractivity contribution >= 4 is 38.6 Å². The Balaban J connectivity index is 1.75. The zero-order valence-corrected chi connectivity index (χ0v) is 14.9. The van der Waals surface area contributed by atoms with Gasteiger partial charge in [-0.05, 0) is 54.0 Å². The van der Waals surface area contributed by atoms with Crippen molar-refractivity contribution in [2.45, 2.75) is 23.0 Å². The molecule has 24 heavy (non-hydrogen) atoms. The normalized spacial score (nSPS) is 14.7. The summed E-state index contributed by atoms with van der Waals surface area (Å²) < 4.78 is 30.4. The van der Waals surface area contributed by atoms with Crippen LogP contribution in [0.2, 0.25) is 5.02 Å². The lowest BCUT2D eigenvalue weighted by Crippen LogP contribution is -2.15. The van der Waals surface area contributed by atoms with Crippen molar-refractivity contribution in [1.29, 1.82) is 0 Å². The molecule has 5 nitrogen and oxygen atoms in total. The topological polar surface area (TPSA) is 64.0 Å². The van der Waals surface area contributed by atoms with Gasteiger partial charge in [0.25, 0.3) is 10.0 Å². The second-order valence-electron chi connectivity index (χ2n) is 5.63. The van der Waals surface area contributed by atoms with Crippen LogP contribution in [0.1, 0.15) is 24.3 Å². The van der Waals surface area contributed by atoms with Crippen LogP contribution in [0.5, 0.6) is 0 Å². The molecule has 3 aromatic rings. The van der Waals surface area contributed by atoms with Crippen molar-refractivity contribution in [3.05, 3.63) is 58.7 Å². The Hall–Kier alpha value is -1.83. The quantitative estimate of drug-likeness (QED) is 0.720. The van der Waals surface area contributed by atoms with Gasteiger partial charge in [0.05, 0.1) is 10.7 Å². The molecule has 1 N–H and O–H groups in total. The van der Waals surface area contributed by atoms with Gasteiger partial charge in [-0.3, -0.25) is 4.72 Å². The fourth-order valence-corrected chi connectivity index (χ4v) is 5.50. The van der Waals surface area contributed by atoms with Gasteiger partial charge in [0.15, 0.2) is 0 Å². The minimum absolute atomic E-state index is 0.368. The molecule has 0 radical (unpaired) electrons. The number of para-hydroxylation sites is 1. The van der Waals surface area contributed by atoms with Crippen molar-refractivity contribution in [1.82, 2.24) is 9.78 Å². The van der Waals surface area contributed by atoms with Crippen LogP contribution in [0, 0.1) is 0 Å². The standard InChI is InChI=1S/C16H14ClN3O2S2/c17-13-3-1-4-14(15(13)20-9-2-8-18-20)19-24(21,22)16-12(7-10-23-16)11-5-6-11/h1-4,7-11,19H,5-6H2. The van der Waals surface area contributed by atoms with E-state index in [0.29, 0.717) is 26.5 Å². The van der Waals surface area contributed by atoms with Gasteiger partial charge in [0.1, 0.15) is 9.90 Å². The first-order valence-corrected chi connectivity index (χ1v) is 10.2. The lowest BCUT2D eigenvalue weighted by Gasteiger charge is -2.14. The Morgan fingerprint density at radius 1 is 1.25 bits per heavy atom. The molecule has 0 spiro atoms. The number of halogens is 1. The summed E-state index contributed by atoms with van der Waals surface area (Å²) in [7, 11) is -3.67. The van der Waals surface area contributed by atoms with Crippen molar-refractivity contribution in [2.75, 3.05) is 4.72 Å². The number of nitrogens with zero attached hydrogens (tertiary/aromatic N) is 2. The Kier molecular flexibility index (Phi) is 3.86. The highest BCUT2D eigenvalue weighted by atomic mass is 35.5. The van der Waals surface area contributed by atoms with Gasteiger partial charge in [0, 0.05) is 12.4 Å². The number of sulfonamides is 1. The number of benzene rings is 1. The minimum atomic E-state index is -3.67. The maximum absolute atomic E-state index is 12.9. The van der Waals surface area contributed by atoms with Gasteiger partial charge in [-0.1, -0.05) is 17.7 Å². The lowest BCUT2D eigenvalue weighted by atomic mass is 10.2. The largest absolute Gasteiger partial charge is 0.277 e. The average Bonchev–Trinajstić information content (AvgIpc) is 3.03. The van der Waals surface area contributed by atoms with Gasteiger partial charge in [-0.2, -0.15) is 5.10 Å². The van der Waals surface area contributed by atoms with Crippen LogP contribution in [0.25, 0.3) is 5.69 Å². The maximum atomic E-state index is 12.9. The van der Waals surface area contributed by atoms with Crippen molar-refractivity contribution in [2.24, 2.45) is 0 Å². The second-order valence-corrected chi connectivity index (χ2v) is 8.83. The van der Waals surface area contributed by atoms with E-state index in [1.165, 1.54) is 11.3 Å². The van der Waals surface area contributed by atoms with Crippen molar-refractivity contribution in [3.63, 3.8) is 0 Å². The van der Waals surface area contributed by atoms with Gasteiger partial charge in [-0.15, -0.1) is 11.3 Å². The molecule has 1 aliphatic rings. The Labute approximate surface area is 148 Å². The SMILES string of the molecule is O=S(=O)(Nc1cccc(Cl)c1-n1cccn1)c1sccc1C1CC1. The number of hydrogen-bond acceptors (Lipinski definition) is 4. The molecule has 0 saturated heterocycles. The molecular weight excluding hydrogens is 366 g/mol. The monoisotopic (exact) mass is 379 g/mol. The van der Waals surface area contributed by atoms with Gasteiger partial charge in [0.2, 0.25) is 0 Å². The van der Waals surface area contributed by atoms with E-state index in [9.17, 15) is 8.42 Å². The van der Waals surface area contributed by atoms with E-state index in [1.807, 2.05) is 11.4 Å². The van der Waals surface area contributed by atoms with Gasteiger partial charge >= 0.3 is 0 Å². The second kappa shape index (κ2) is 5.91. The highest BCUT2D eigenvalue weighted by molar-refractivity contribution is 7.94. The first-order chi connectivity index (χ1) is 11.6. The number of hydrogen-bond donors (Lipinski definition) is 1. The highest BCUT2D eigenvalue weighted by Gasteiger charge is 2.32. The summed E-state index contributed by atoms with van der Waals surface area (Å²) in [6.07, 6.45) is 5.44. The molecule has 2 heterocycles. The first kappa shape index (κ1) is 15.7. The summed E-state index contributed by atoms with van der Waals surface area (Å²) in [6.45, 7) is 0. The molecule has 1 aromatic carbocycles. The van der Waals surface area contributed by atoms with Crippen LogP contribution in [0.3, 0.4) is 0 Å². The zero-order chi connectivity index (χ0) is 16.7. The summed E-state index contributed by atoms with van der Waals surface area (Å²) in [4.78, 5) is 0. The summed E-state index contributed by atoms with van der Waals surface area (Å²) in [5.41, 5.74) is 1.83. The molecule has 1 saturated carbocycles. The van der Waals surface area contributed by atoms with E-state index < -0.39 is 10.0 Å². The highest BCUT2D eigenvalue weighted by Crippen LogP contribution is 2.45. The van der Waals surface area contributed by atoms with Gasteiger partial charge in [-0.25, -0.2) is 13.1 Å². The lowest BCUT2D eigenvalue weighted by molar-refractivity contribution is 0.602. The molecule has 0 atom stereocenters. The molecule has 2 aromatic heterocycles. The Bertz CT molecular complexity index is 977. The molecule has 8 heteroatoms. The summed E-state index contributed by atoms with van der Waals surface area (Å²) >= 11 is 7.52. The molecule has 0 unspecified atom stereocenters. The third-order valence-electron chi connectivity index (χ3n) is 3.88. The molecule has 1 aliphatic carbocycles. The van der Waals surface area contributed by atoms with E-state index in [2.05, 4.69) is 9.82 Å². The fourth-order valence-electron chi connectivity index (χ4n) is 2.64. The maximum Gasteiger partial charge on any atom is 0.271 e. The smallest absolute Gasteiger partial charge is 0.271 e. The predicted molar refractivity (Wildman–Crippen MR) is 95.7 cm³/mol. The summed E-state index contributed by atoms with van der Waals surface area (Å²) in [5, 5.41) is 6.41. The molecule has 124 valence electrons. The van der Waals surface area contributed by atoms with Crippen LogP contribution >= 0.6 is 22.9 Å². The van der Waals surface area contributed by atoms with Crippen molar-refractivity contribution in [3.8, 4) is 5.69 Å². The molecule has 4 rings (SSSR count). The van der Waals surface area contributed by atoms with Crippen LogP contribution < -0.4 is 4.72 Å².